The van der Waals surface area contributed by atoms with E-state index in [-0.39, 0.29) is 29.3 Å². The molecule has 2 atom stereocenters. The van der Waals surface area contributed by atoms with E-state index in [1.807, 2.05) is 44.2 Å². The Morgan fingerprint density at radius 1 is 1.07 bits per heavy atom. The number of piperidine rings is 1. The number of carbonyl (C=O) groups excluding carboxylic acids is 3. The van der Waals surface area contributed by atoms with Gasteiger partial charge >= 0.3 is 0 Å². The van der Waals surface area contributed by atoms with Crippen LogP contribution in [0.5, 0.6) is 17.2 Å². The highest BCUT2D eigenvalue weighted by atomic mass is 35.5. The van der Waals surface area contributed by atoms with Crippen LogP contribution < -0.4 is 30.2 Å². The Bertz CT molecular complexity index is 1390. The number of rotatable bonds is 6. The van der Waals surface area contributed by atoms with Gasteiger partial charge in [0.25, 0.3) is 5.91 Å². The molecule has 1 unspecified atom stereocenters. The van der Waals surface area contributed by atoms with Gasteiger partial charge in [-0.1, -0.05) is 49.7 Å². The maximum atomic E-state index is 13.5. The van der Waals surface area contributed by atoms with E-state index in [0.29, 0.717) is 61.4 Å². The Kier molecular flexibility index (Phi) is 10.9. The number of ether oxygens (including phenoxy) is 3. The molecule has 0 radical (unpaired) electrons. The number of carbonyl (C=O) groups is 3. The third-order valence-electron chi connectivity index (χ3n) is 8.58. The average molecular weight is 639 g/mol. The van der Waals surface area contributed by atoms with E-state index in [1.165, 1.54) is 0 Å². The predicted octanol–water partition coefficient (Wildman–Crippen LogP) is 3.98. The van der Waals surface area contributed by atoms with E-state index in [1.54, 1.807) is 18.2 Å². The summed E-state index contributed by atoms with van der Waals surface area (Å²) in [4.78, 5) is 41.7. The summed E-state index contributed by atoms with van der Waals surface area (Å²) in [5, 5.41) is 9.48. The molecular formula is C34H43ClN4O6. The van der Waals surface area contributed by atoms with Gasteiger partial charge in [0.15, 0.2) is 11.5 Å². The normalized spacial score (nSPS) is 22.8. The molecule has 3 aliphatic rings. The molecule has 2 aromatic carbocycles. The number of halogens is 1. The maximum Gasteiger partial charge on any atom is 0.255 e. The molecule has 10 nitrogen and oxygen atoms in total. The largest absolute Gasteiger partial charge is 0.489 e. The van der Waals surface area contributed by atoms with E-state index in [2.05, 4.69) is 26.9 Å². The van der Waals surface area contributed by atoms with Crippen molar-refractivity contribution in [2.45, 2.75) is 51.7 Å². The molecule has 0 bridgehead atoms. The summed E-state index contributed by atoms with van der Waals surface area (Å²) in [5.41, 5.74) is 0.120. The van der Waals surface area contributed by atoms with Crippen LogP contribution in [0, 0.1) is 11.3 Å². The quantitative estimate of drug-likeness (QED) is 0.410. The second-order valence-electron chi connectivity index (χ2n) is 12.6. The van der Waals surface area contributed by atoms with Crippen LogP contribution in [0.3, 0.4) is 0 Å². The first-order valence-electron chi connectivity index (χ1n) is 15.7. The highest BCUT2D eigenvalue weighted by molar-refractivity contribution is 6.31. The van der Waals surface area contributed by atoms with Gasteiger partial charge < -0.3 is 30.2 Å². The van der Waals surface area contributed by atoms with E-state index >= 15 is 0 Å². The highest BCUT2D eigenvalue weighted by Gasteiger charge is 2.36. The number of hydrogen-bond donors (Lipinski definition) is 3. The fourth-order valence-electron chi connectivity index (χ4n) is 5.97. The van der Waals surface area contributed by atoms with Crippen molar-refractivity contribution < 1.29 is 28.6 Å². The molecule has 1 saturated heterocycles. The SMILES string of the molecule is CC(C)C[C@@H]1NC(=O)c2cc(Cl)ccc2OC/C=C/CC2(CCN(CC(=O)NCC3COc4ccccc4O3)CC2)CNC1=O. The Morgan fingerprint density at radius 3 is 2.62 bits per heavy atom. The predicted molar refractivity (Wildman–Crippen MR) is 172 cm³/mol. The van der Waals surface area contributed by atoms with E-state index in [4.69, 9.17) is 25.8 Å². The molecule has 0 aromatic heterocycles. The van der Waals surface area contributed by atoms with Gasteiger partial charge in [0.05, 0.1) is 18.7 Å². The number of fused-ring (bicyclic) bond motifs is 2. The Balaban J connectivity index is 1.18. The third kappa shape index (κ3) is 8.92. The van der Waals surface area contributed by atoms with Gasteiger partial charge in [0.2, 0.25) is 11.8 Å². The molecule has 3 heterocycles. The minimum atomic E-state index is -0.698. The zero-order valence-corrected chi connectivity index (χ0v) is 26.7. The smallest absolute Gasteiger partial charge is 0.255 e. The van der Waals surface area contributed by atoms with Gasteiger partial charge in [0, 0.05) is 11.6 Å². The second kappa shape index (κ2) is 15.0. The molecule has 45 heavy (non-hydrogen) atoms. The molecule has 0 aliphatic carbocycles. The van der Waals surface area contributed by atoms with Crippen LogP contribution in [-0.2, 0) is 9.59 Å². The summed E-state index contributed by atoms with van der Waals surface area (Å²) in [6.07, 6.45) is 6.66. The van der Waals surface area contributed by atoms with Crippen molar-refractivity contribution >= 4 is 29.3 Å². The van der Waals surface area contributed by atoms with Crippen molar-refractivity contribution in [3.8, 4) is 17.2 Å². The maximum absolute atomic E-state index is 13.5. The second-order valence-corrected chi connectivity index (χ2v) is 13.0. The molecular weight excluding hydrogens is 596 g/mol. The van der Waals surface area contributed by atoms with Crippen LogP contribution in [-0.4, -0.2) is 80.7 Å². The topological polar surface area (TPSA) is 118 Å². The lowest BCUT2D eigenvalue weighted by molar-refractivity contribution is -0.124. The molecule has 1 fully saturated rings. The van der Waals surface area contributed by atoms with Gasteiger partial charge in [-0.25, -0.2) is 0 Å². The molecule has 0 saturated carbocycles. The molecule has 3 amide bonds. The van der Waals surface area contributed by atoms with Crippen molar-refractivity contribution in [3.05, 3.63) is 65.2 Å². The third-order valence-corrected chi connectivity index (χ3v) is 8.82. The number of hydrogen-bond acceptors (Lipinski definition) is 7. The number of likely N-dealkylation sites (tertiary alicyclic amines) is 1. The first kappa shape index (κ1) is 32.6. The van der Waals surface area contributed by atoms with Crippen LogP contribution >= 0.6 is 11.6 Å². The Morgan fingerprint density at radius 2 is 1.84 bits per heavy atom. The van der Waals surface area contributed by atoms with Crippen molar-refractivity contribution in [2.24, 2.45) is 11.3 Å². The molecule has 11 heteroatoms. The zero-order valence-electron chi connectivity index (χ0n) is 26.0. The zero-order chi connectivity index (χ0) is 31.8. The van der Waals surface area contributed by atoms with Gasteiger partial charge in [-0.15, -0.1) is 0 Å². The Hall–Kier alpha value is -3.76. The molecule has 1 spiro atoms. The molecule has 3 N–H and O–H groups in total. The van der Waals surface area contributed by atoms with Crippen molar-refractivity contribution in [3.63, 3.8) is 0 Å². The molecule has 242 valence electrons. The first-order valence-corrected chi connectivity index (χ1v) is 16.1. The summed E-state index contributed by atoms with van der Waals surface area (Å²) in [6.45, 7) is 7.32. The fourth-order valence-corrected chi connectivity index (χ4v) is 6.14. The number of nitrogens with zero attached hydrogens (tertiary/aromatic N) is 1. The van der Waals surface area contributed by atoms with Crippen LogP contribution in [0.2, 0.25) is 5.02 Å². The number of para-hydroxylation sites is 2. The minimum Gasteiger partial charge on any atom is -0.489 e. The van der Waals surface area contributed by atoms with E-state index in [9.17, 15) is 14.4 Å². The number of amides is 3. The fraction of sp³-hybridized carbons (Fsp3) is 0.500. The standard InChI is InChI=1S/C34H43ClN4O6/c1-23(2)17-27-33(42)37-22-34(11-5-6-16-43-28-10-9-24(35)18-26(28)32(41)38-27)12-14-39(15-13-34)20-31(40)36-19-25-21-44-29-7-3-4-8-30(29)45-25/h3-10,18,23,25,27H,11-17,19-22H2,1-2H3,(H,36,40)(H,37,42)(H,38,41)/b6-5+/t25?,27-/m0/s1. The summed E-state index contributed by atoms with van der Waals surface area (Å²) in [7, 11) is 0. The van der Waals surface area contributed by atoms with Crippen LogP contribution in [0.4, 0.5) is 0 Å². The van der Waals surface area contributed by atoms with Crippen molar-refractivity contribution in [1.82, 2.24) is 20.9 Å². The van der Waals surface area contributed by atoms with Gasteiger partial charge in [-0.3, -0.25) is 19.3 Å². The van der Waals surface area contributed by atoms with Crippen molar-refractivity contribution in [1.29, 1.82) is 0 Å². The Labute approximate surface area is 269 Å². The summed E-state index contributed by atoms with van der Waals surface area (Å²) in [6, 6.07) is 11.7. The highest BCUT2D eigenvalue weighted by Crippen LogP contribution is 2.35. The lowest BCUT2D eigenvalue weighted by atomic mass is 9.75. The number of allylic oxidation sites excluding steroid dienone is 1. The van der Waals surface area contributed by atoms with Gasteiger partial charge in [-0.2, -0.15) is 0 Å². The summed E-state index contributed by atoms with van der Waals surface area (Å²) < 4.78 is 17.6. The van der Waals surface area contributed by atoms with Gasteiger partial charge in [0.1, 0.15) is 31.1 Å². The average Bonchev–Trinajstić information content (AvgIpc) is 3.03. The van der Waals surface area contributed by atoms with Crippen LogP contribution in [0.1, 0.15) is 49.9 Å². The monoisotopic (exact) mass is 638 g/mol. The lowest BCUT2D eigenvalue weighted by Gasteiger charge is -2.41. The van der Waals surface area contributed by atoms with Crippen molar-refractivity contribution in [2.75, 3.05) is 45.9 Å². The van der Waals surface area contributed by atoms with Crippen LogP contribution in [0.25, 0.3) is 0 Å². The number of benzene rings is 2. The minimum absolute atomic E-state index is 0.0569. The lowest BCUT2D eigenvalue weighted by Crippen LogP contribution is -2.52. The molecule has 5 rings (SSSR count). The summed E-state index contributed by atoms with van der Waals surface area (Å²) in [5.74, 6) is 1.34. The molecule has 3 aliphatic heterocycles. The summed E-state index contributed by atoms with van der Waals surface area (Å²) >= 11 is 6.18. The van der Waals surface area contributed by atoms with E-state index < -0.39 is 11.9 Å². The van der Waals surface area contributed by atoms with E-state index in [0.717, 1.165) is 38.1 Å². The first-order chi connectivity index (χ1) is 21.7. The molecule has 2 aromatic rings. The number of nitrogens with one attached hydrogen (secondary N) is 3. The van der Waals surface area contributed by atoms with Gasteiger partial charge in [-0.05, 0) is 80.4 Å². The van der Waals surface area contributed by atoms with Crippen LogP contribution in [0.15, 0.2) is 54.6 Å².